The highest BCUT2D eigenvalue weighted by molar-refractivity contribution is 6.04. The predicted octanol–water partition coefficient (Wildman–Crippen LogP) is 1.89. The molecule has 1 unspecified atom stereocenters. The Bertz CT molecular complexity index is 1020. The first kappa shape index (κ1) is 23.1. The van der Waals surface area contributed by atoms with Gasteiger partial charge < -0.3 is 14.9 Å². The van der Waals surface area contributed by atoms with Crippen LogP contribution in [-0.2, 0) is 9.59 Å². The van der Waals surface area contributed by atoms with Gasteiger partial charge in [-0.25, -0.2) is 0 Å². The molecule has 0 radical (unpaired) electrons. The van der Waals surface area contributed by atoms with Gasteiger partial charge in [0.2, 0.25) is 5.91 Å². The normalized spacial score (nSPS) is 19.2. The number of benzene rings is 2. The Labute approximate surface area is 194 Å². The number of ketones is 1. The Balaban J connectivity index is 1.49. The molecule has 7 nitrogen and oxygen atoms in total. The number of likely N-dealkylation sites (tertiary alicyclic amines) is 1. The van der Waals surface area contributed by atoms with Gasteiger partial charge in [0.15, 0.2) is 5.78 Å². The number of nitrogens with zero attached hydrogens (tertiary/aromatic N) is 3. The third-order valence-corrected chi connectivity index (χ3v) is 6.69. The number of hydrogen-bond donors (Lipinski definition) is 1. The van der Waals surface area contributed by atoms with Crippen molar-refractivity contribution < 1.29 is 19.5 Å². The molecule has 2 saturated heterocycles. The van der Waals surface area contributed by atoms with Crippen LogP contribution in [0.5, 0.6) is 0 Å². The second-order valence-corrected chi connectivity index (χ2v) is 8.93. The number of β-amino-alcohol motifs (C(OH)–C–C–N with tert-alkyl or cyclic N) is 1. The van der Waals surface area contributed by atoms with Crippen LogP contribution in [0.2, 0.25) is 0 Å². The highest BCUT2D eigenvalue weighted by Gasteiger charge is 2.41. The van der Waals surface area contributed by atoms with Crippen LogP contribution < -0.4 is 0 Å². The quantitative estimate of drug-likeness (QED) is 0.754. The molecule has 0 spiro atoms. The van der Waals surface area contributed by atoms with Crippen LogP contribution in [0.3, 0.4) is 0 Å². The van der Waals surface area contributed by atoms with E-state index >= 15 is 0 Å². The van der Waals surface area contributed by atoms with Gasteiger partial charge in [-0.15, -0.1) is 0 Å². The summed E-state index contributed by atoms with van der Waals surface area (Å²) in [7, 11) is 0. The van der Waals surface area contributed by atoms with Gasteiger partial charge >= 0.3 is 0 Å². The Morgan fingerprint density at radius 1 is 0.970 bits per heavy atom. The molecule has 2 aromatic rings. The summed E-state index contributed by atoms with van der Waals surface area (Å²) in [6.07, 6.45) is 0.0713. The van der Waals surface area contributed by atoms with Crippen molar-refractivity contribution in [2.45, 2.75) is 26.3 Å². The zero-order chi connectivity index (χ0) is 23.5. The summed E-state index contributed by atoms with van der Waals surface area (Å²) in [6.45, 7) is 7.22. The summed E-state index contributed by atoms with van der Waals surface area (Å²) >= 11 is 0. The lowest BCUT2D eigenvalue weighted by molar-refractivity contribution is -0.137. The molecule has 0 saturated carbocycles. The Kier molecular flexibility index (Phi) is 6.91. The number of aliphatic hydroxyl groups excluding tert-OH is 1. The maximum atomic E-state index is 13.3. The van der Waals surface area contributed by atoms with E-state index in [9.17, 15) is 14.4 Å². The zero-order valence-electron chi connectivity index (χ0n) is 19.3. The van der Waals surface area contributed by atoms with Crippen molar-refractivity contribution in [3.05, 3.63) is 59.2 Å². The lowest BCUT2D eigenvalue weighted by Gasteiger charge is -2.36. The number of carbonyl (C=O) groups is 3. The van der Waals surface area contributed by atoms with Crippen LogP contribution in [0.1, 0.15) is 27.9 Å². The van der Waals surface area contributed by atoms with E-state index in [4.69, 9.17) is 5.11 Å². The summed E-state index contributed by atoms with van der Waals surface area (Å²) in [5, 5.41) is 9.10. The number of aryl methyl sites for hydroxylation is 2. The summed E-state index contributed by atoms with van der Waals surface area (Å²) < 4.78 is 0. The van der Waals surface area contributed by atoms with Gasteiger partial charge in [-0.3, -0.25) is 19.3 Å². The van der Waals surface area contributed by atoms with Gasteiger partial charge in [0.05, 0.1) is 13.2 Å². The van der Waals surface area contributed by atoms with E-state index in [0.29, 0.717) is 38.3 Å². The van der Waals surface area contributed by atoms with Crippen LogP contribution in [0.25, 0.3) is 11.1 Å². The first-order chi connectivity index (χ1) is 15.9. The maximum Gasteiger partial charge on any atom is 0.254 e. The highest BCUT2D eigenvalue weighted by atomic mass is 16.3. The van der Waals surface area contributed by atoms with Gasteiger partial charge in [-0.05, 0) is 48.2 Å². The fourth-order valence-electron chi connectivity index (χ4n) is 4.88. The molecule has 4 rings (SSSR count). The van der Waals surface area contributed by atoms with Crippen molar-refractivity contribution in [2.75, 3.05) is 45.9 Å². The number of piperazine rings is 1. The SMILES string of the molecule is Cc1cccc(C)c1-c1ccc(C(=O)N2CC(=O)CC2C(=O)N2CCN(CCO)CC2)cc1. The molecule has 2 aliphatic rings. The van der Waals surface area contributed by atoms with E-state index in [1.54, 1.807) is 17.0 Å². The molecule has 174 valence electrons. The number of amides is 2. The highest BCUT2D eigenvalue weighted by Crippen LogP contribution is 2.28. The Morgan fingerprint density at radius 2 is 1.61 bits per heavy atom. The minimum Gasteiger partial charge on any atom is -0.395 e. The van der Waals surface area contributed by atoms with E-state index in [-0.39, 0.29) is 37.2 Å². The minimum atomic E-state index is -0.743. The molecule has 33 heavy (non-hydrogen) atoms. The molecule has 2 heterocycles. The van der Waals surface area contributed by atoms with E-state index in [1.165, 1.54) is 16.0 Å². The van der Waals surface area contributed by atoms with Crippen molar-refractivity contribution in [1.29, 1.82) is 0 Å². The fourth-order valence-corrected chi connectivity index (χ4v) is 4.88. The fraction of sp³-hybridized carbons (Fsp3) is 0.423. The Hall–Kier alpha value is -3.03. The van der Waals surface area contributed by atoms with Crippen molar-refractivity contribution in [1.82, 2.24) is 14.7 Å². The maximum absolute atomic E-state index is 13.3. The van der Waals surface area contributed by atoms with E-state index < -0.39 is 6.04 Å². The van der Waals surface area contributed by atoms with Crippen molar-refractivity contribution in [3.8, 4) is 11.1 Å². The molecule has 1 N–H and O–H groups in total. The van der Waals surface area contributed by atoms with Crippen LogP contribution in [0, 0.1) is 13.8 Å². The lowest BCUT2D eigenvalue weighted by Crippen LogP contribution is -2.54. The molecule has 1 atom stereocenters. The van der Waals surface area contributed by atoms with Crippen LogP contribution in [0.15, 0.2) is 42.5 Å². The number of hydrogen-bond acceptors (Lipinski definition) is 5. The van der Waals surface area contributed by atoms with E-state index in [0.717, 1.165) is 11.1 Å². The summed E-state index contributed by atoms with van der Waals surface area (Å²) in [5.41, 5.74) is 5.01. The minimum absolute atomic E-state index is 0.0294. The second kappa shape index (κ2) is 9.85. The smallest absolute Gasteiger partial charge is 0.254 e. The molecule has 0 bridgehead atoms. The third kappa shape index (κ3) is 4.84. The van der Waals surface area contributed by atoms with Crippen LogP contribution in [-0.4, -0.2) is 89.3 Å². The first-order valence-electron chi connectivity index (χ1n) is 11.5. The number of Topliss-reactive ketones (excluding diaryl/α,β-unsaturated/α-hetero) is 1. The van der Waals surface area contributed by atoms with E-state index in [1.807, 2.05) is 18.2 Å². The number of carbonyl (C=O) groups excluding carboxylic acids is 3. The monoisotopic (exact) mass is 449 g/mol. The van der Waals surface area contributed by atoms with Gasteiger partial charge in [0.25, 0.3) is 5.91 Å². The van der Waals surface area contributed by atoms with Gasteiger partial charge in [0.1, 0.15) is 6.04 Å². The molecule has 7 heteroatoms. The molecular weight excluding hydrogens is 418 g/mol. The topological polar surface area (TPSA) is 81.2 Å². The summed E-state index contributed by atoms with van der Waals surface area (Å²) in [4.78, 5) is 44.0. The summed E-state index contributed by atoms with van der Waals surface area (Å²) in [5.74, 6) is -0.538. The average Bonchev–Trinajstić information content (AvgIpc) is 3.21. The lowest BCUT2D eigenvalue weighted by atomic mass is 9.95. The molecule has 0 aliphatic carbocycles. The van der Waals surface area contributed by atoms with Gasteiger partial charge in [-0.2, -0.15) is 0 Å². The first-order valence-corrected chi connectivity index (χ1v) is 11.5. The average molecular weight is 450 g/mol. The van der Waals surface area contributed by atoms with E-state index in [2.05, 4.69) is 30.9 Å². The summed E-state index contributed by atoms with van der Waals surface area (Å²) in [6, 6.07) is 12.8. The standard InChI is InChI=1S/C26H31N3O4/c1-18-4-3-5-19(2)24(18)20-6-8-21(9-7-20)25(32)29-17-22(31)16-23(29)26(33)28-12-10-27(11-13-28)14-15-30/h3-9,23,30H,10-17H2,1-2H3. The van der Waals surface area contributed by atoms with Crippen molar-refractivity contribution in [3.63, 3.8) is 0 Å². The van der Waals surface area contributed by atoms with Crippen LogP contribution in [0.4, 0.5) is 0 Å². The zero-order valence-corrected chi connectivity index (χ0v) is 19.3. The van der Waals surface area contributed by atoms with Crippen molar-refractivity contribution >= 4 is 17.6 Å². The molecule has 2 aliphatic heterocycles. The Morgan fingerprint density at radius 3 is 2.21 bits per heavy atom. The van der Waals surface area contributed by atoms with Crippen molar-refractivity contribution in [2.24, 2.45) is 0 Å². The largest absolute Gasteiger partial charge is 0.395 e. The molecule has 0 aromatic heterocycles. The van der Waals surface area contributed by atoms with Gasteiger partial charge in [-0.1, -0.05) is 30.3 Å². The predicted molar refractivity (Wildman–Crippen MR) is 126 cm³/mol. The molecule has 2 amide bonds. The number of rotatable bonds is 5. The van der Waals surface area contributed by atoms with Crippen LogP contribution >= 0.6 is 0 Å². The molecule has 2 aromatic carbocycles. The third-order valence-electron chi connectivity index (χ3n) is 6.69. The second-order valence-electron chi connectivity index (χ2n) is 8.93. The van der Waals surface area contributed by atoms with Gasteiger partial charge in [0, 0.05) is 44.7 Å². The molecule has 2 fully saturated rings. The molecular formula is C26H31N3O4. The number of aliphatic hydroxyl groups is 1.